The van der Waals surface area contributed by atoms with Gasteiger partial charge in [-0.25, -0.2) is 9.13 Å². The molecule has 0 saturated carbocycles. The SMILES string of the molecule is CCCCCCCCCCCCCCCCCCCCCCC(=O)O[C@H](COC(=O)CCCCCCCCCCCCCCCCC(C)C)COP(=O)(O)OC[C@@H](O)COP(=O)(O)OC[C@@H](COC(=O)CCCCCCCCCCCCC)OC(=O)CCCCCCCCCCCCCCCCCCC. The Morgan fingerprint density at radius 3 is 0.648 bits per heavy atom. The van der Waals surface area contributed by atoms with Gasteiger partial charge >= 0.3 is 39.5 Å². The molecule has 17 nitrogen and oxygen atoms in total. The van der Waals surface area contributed by atoms with Crippen LogP contribution in [0.2, 0.25) is 0 Å². The van der Waals surface area contributed by atoms with Crippen LogP contribution in [0.3, 0.4) is 0 Å². The van der Waals surface area contributed by atoms with Crippen LogP contribution in [0.25, 0.3) is 0 Å². The molecule has 0 aromatic rings. The van der Waals surface area contributed by atoms with Crippen LogP contribution in [0, 0.1) is 5.92 Å². The maximum Gasteiger partial charge on any atom is 0.472 e. The zero-order valence-electron chi connectivity index (χ0n) is 68.9. The number of ether oxygens (including phenoxy) is 4. The molecule has 3 N–H and O–H groups in total. The van der Waals surface area contributed by atoms with Crippen molar-refractivity contribution in [2.45, 2.75) is 483 Å². The molecule has 0 aliphatic carbocycles. The Kier molecular flexibility index (Phi) is 77.3. The van der Waals surface area contributed by atoms with Gasteiger partial charge in [-0.15, -0.1) is 0 Å². The first-order chi connectivity index (χ1) is 51.0. The Balaban J connectivity index is 5.24. The van der Waals surface area contributed by atoms with E-state index in [0.29, 0.717) is 25.7 Å². The summed E-state index contributed by atoms with van der Waals surface area (Å²) in [4.78, 5) is 73.2. The topological polar surface area (TPSA) is 237 Å². The van der Waals surface area contributed by atoms with Gasteiger partial charge in [-0.05, 0) is 31.6 Å². The lowest BCUT2D eigenvalue weighted by Crippen LogP contribution is -2.30. The Morgan fingerprint density at radius 1 is 0.257 bits per heavy atom. The summed E-state index contributed by atoms with van der Waals surface area (Å²) in [5.74, 6) is -1.30. The second kappa shape index (κ2) is 78.7. The van der Waals surface area contributed by atoms with Crippen molar-refractivity contribution in [3.05, 3.63) is 0 Å². The molecule has 0 amide bonds. The summed E-state index contributed by atoms with van der Waals surface area (Å²) >= 11 is 0. The van der Waals surface area contributed by atoms with E-state index in [2.05, 4.69) is 34.6 Å². The zero-order chi connectivity index (χ0) is 76.9. The van der Waals surface area contributed by atoms with E-state index in [-0.39, 0.29) is 25.7 Å². The van der Waals surface area contributed by atoms with Crippen LogP contribution in [0.15, 0.2) is 0 Å². The number of phosphoric ester groups is 2. The van der Waals surface area contributed by atoms with Crippen molar-refractivity contribution in [3.8, 4) is 0 Å². The molecular formula is C86H168O17P2. The van der Waals surface area contributed by atoms with Gasteiger partial charge in [0.1, 0.15) is 19.3 Å². The summed E-state index contributed by atoms with van der Waals surface area (Å²) in [6.07, 6.45) is 72.1. The van der Waals surface area contributed by atoms with Gasteiger partial charge in [-0.3, -0.25) is 37.3 Å². The average molecular weight is 1540 g/mol. The van der Waals surface area contributed by atoms with Gasteiger partial charge in [0.15, 0.2) is 12.2 Å². The van der Waals surface area contributed by atoms with Gasteiger partial charge in [-0.1, -0.05) is 413 Å². The zero-order valence-corrected chi connectivity index (χ0v) is 70.7. The quantitative estimate of drug-likeness (QED) is 0.0222. The van der Waals surface area contributed by atoms with Gasteiger partial charge in [0.25, 0.3) is 0 Å². The second-order valence-electron chi connectivity index (χ2n) is 31.4. The molecule has 624 valence electrons. The van der Waals surface area contributed by atoms with Gasteiger partial charge in [0.2, 0.25) is 0 Å². The molecule has 0 fully saturated rings. The number of carbonyl (C=O) groups is 4. The van der Waals surface area contributed by atoms with Crippen LogP contribution in [0.4, 0.5) is 0 Å². The van der Waals surface area contributed by atoms with Crippen molar-refractivity contribution < 1.29 is 80.2 Å². The lowest BCUT2D eigenvalue weighted by atomic mass is 10.0. The summed E-state index contributed by atoms with van der Waals surface area (Å²) in [5, 5.41) is 10.7. The highest BCUT2D eigenvalue weighted by molar-refractivity contribution is 7.47. The molecule has 0 rings (SSSR count). The first kappa shape index (κ1) is 103. The van der Waals surface area contributed by atoms with Crippen molar-refractivity contribution in [2.24, 2.45) is 5.92 Å². The molecule has 0 spiro atoms. The van der Waals surface area contributed by atoms with Crippen molar-refractivity contribution in [3.63, 3.8) is 0 Å². The number of phosphoric acid groups is 2. The number of esters is 4. The van der Waals surface area contributed by atoms with Gasteiger partial charge in [0.05, 0.1) is 26.4 Å². The average Bonchev–Trinajstić information content (AvgIpc) is 0.915. The van der Waals surface area contributed by atoms with Crippen molar-refractivity contribution in [2.75, 3.05) is 39.6 Å². The third kappa shape index (κ3) is 79.9. The molecule has 105 heavy (non-hydrogen) atoms. The molecule has 0 aliphatic rings. The predicted molar refractivity (Wildman–Crippen MR) is 432 cm³/mol. The Morgan fingerprint density at radius 2 is 0.438 bits per heavy atom. The largest absolute Gasteiger partial charge is 0.472 e. The summed E-state index contributed by atoms with van der Waals surface area (Å²) in [5.41, 5.74) is 0. The van der Waals surface area contributed by atoms with E-state index in [4.69, 9.17) is 37.0 Å². The number of unbranched alkanes of at least 4 members (excludes halogenated alkanes) is 58. The molecule has 0 aliphatic heterocycles. The fraction of sp³-hybridized carbons (Fsp3) is 0.953. The summed E-state index contributed by atoms with van der Waals surface area (Å²) in [6, 6.07) is 0. The van der Waals surface area contributed by atoms with E-state index in [1.165, 1.54) is 289 Å². The van der Waals surface area contributed by atoms with E-state index in [1.54, 1.807) is 0 Å². The molecule has 5 atom stereocenters. The van der Waals surface area contributed by atoms with E-state index in [0.717, 1.165) is 95.8 Å². The first-order valence-electron chi connectivity index (χ1n) is 44.6. The summed E-state index contributed by atoms with van der Waals surface area (Å²) in [6.45, 7) is 7.39. The maximum absolute atomic E-state index is 13.1. The maximum atomic E-state index is 13.1. The number of rotatable bonds is 86. The van der Waals surface area contributed by atoms with E-state index in [9.17, 15) is 43.2 Å². The summed E-state index contributed by atoms with van der Waals surface area (Å²) < 4.78 is 68.9. The fourth-order valence-corrected chi connectivity index (χ4v) is 15.1. The van der Waals surface area contributed by atoms with Crippen LogP contribution in [-0.4, -0.2) is 96.7 Å². The van der Waals surface area contributed by atoms with E-state index < -0.39 is 97.5 Å². The van der Waals surface area contributed by atoms with Crippen LogP contribution in [0.5, 0.6) is 0 Å². The molecule has 0 aromatic heterocycles. The Bertz CT molecular complexity index is 2000. The molecule has 0 saturated heterocycles. The third-order valence-corrected chi connectivity index (χ3v) is 22.2. The summed E-state index contributed by atoms with van der Waals surface area (Å²) in [7, 11) is -9.93. The highest BCUT2D eigenvalue weighted by Crippen LogP contribution is 2.45. The minimum absolute atomic E-state index is 0.109. The molecule has 0 radical (unpaired) electrons. The molecule has 0 heterocycles. The number of hydrogen-bond acceptors (Lipinski definition) is 15. The number of carbonyl (C=O) groups excluding carboxylic acids is 4. The number of aliphatic hydroxyl groups is 1. The number of aliphatic hydroxyl groups excluding tert-OH is 1. The third-order valence-electron chi connectivity index (χ3n) is 20.3. The normalized spacial score (nSPS) is 13.8. The minimum atomic E-state index is -4.97. The van der Waals surface area contributed by atoms with Gasteiger partial charge in [-0.2, -0.15) is 0 Å². The van der Waals surface area contributed by atoms with E-state index in [1.807, 2.05) is 0 Å². The Labute approximate surface area is 645 Å². The van der Waals surface area contributed by atoms with Crippen molar-refractivity contribution >= 4 is 39.5 Å². The standard InChI is InChI=1S/C86H168O17P2/c1-6-9-12-15-18-21-24-26-28-30-31-32-34-36-42-47-52-57-62-67-72-86(91)103-82(76-97-84(89)70-65-60-55-50-45-40-38-37-39-44-48-53-58-63-68-79(4)5)78-101-105(94,95)99-74-80(87)73-98-104(92,93)100-77-81(75-96-83(88)69-64-59-54-49-43-23-20-17-14-11-8-3)102-85(90)71-66-61-56-51-46-41-35-33-29-27-25-22-19-16-13-10-7-2/h79-82,87H,6-78H2,1-5H3,(H,92,93)(H,94,95)/t80-,81+,82+/m0/s1. The lowest BCUT2D eigenvalue weighted by Gasteiger charge is -2.21. The smallest absolute Gasteiger partial charge is 0.462 e. The van der Waals surface area contributed by atoms with Crippen molar-refractivity contribution in [1.82, 2.24) is 0 Å². The monoisotopic (exact) mass is 1540 g/mol. The molecule has 2 unspecified atom stereocenters. The van der Waals surface area contributed by atoms with Crippen molar-refractivity contribution in [1.29, 1.82) is 0 Å². The van der Waals surface area contributed by atoms with Crippen LogP contribution < -0.4 is 0 Å². The second-order valence-corrected chi connectivity index (χ2v) is 34.3. The first-order valence-corrected chi connectivity index (χ1v) is 47.6. The van der Waals surface area contributed by atoms with E-state index >= 15 is 0 Å². The number of hydrogen-bond donors (Lipinski definition) is 3. The van der Waals surface area contributed by atoms with Crippen LogP contribution in [-0.2, 0) is 65.4 Å². The van der Waals surface area contributed by atoms with Crippen LogP contribution >= 0.6 is 15.6 Å². The predicted octanol–water partition coefficient (Wildman–Crippen LogP) is 26.4. The van der Waals surface area contributed by atoms with Crippen LogP contribution in [0.1, 0.15) is 465 Å². The Hall–Kier alpha value is -1.94. The molecule has 0 aromatic carbocycles. The highest BCUT2D eigenvalue weighted by atomic mass is 31.2. The lowest BCUT2D eigenvalue weighted by molar-refractivity contribution is -0.161. The molecule has 19 heteroatoms. The molecular weight excluding hydrogens is 1370 g/mol. The highest BCUT2D eigenvalue weighted by Gasteiger charge is 2.30. The minimum Gasteiger partial charge on any atom is -0.462 e. The van der Waals surface area contributed by atoms with Gasteiger partial charge < -0.3 is 33.8 Å². The molecule has 0 bridgehead atoms. The van der Waals surface area contributed by atoms with Gasteiger partial charge in [0, 0.05) is 25.7 Å². The fourth-order valence-electron chi connectivity index (χ4n) is 13.5.